The summed E-state index contributed by atoms with van der Waals surface area (Å²) in [4.78, 5) is 11.9. The van der Waals surface area contributed by atoms with E-state index in [0.717, 1.165) is 26.9 Å². The zero-order valence-corrected chi connectivity index (χ0v) is 13.4. The molecule has 0 unspecified atom stereocenters. The maximum Gasteiger partial charge on any atom is 0.248 e. The molecule has 0 saturated carbocycles. The van der Waals surface area contributed by atoms with Crippen LogP contribution < -0.4 is 5.32 Å². The lowest BCUT2D eigenvalue weighted by Gasteiger charge is -2.10. The number of carbonyl (C=O) groups is 1. The van der Waals surface area contributed by atoms with Crippen molar-refractivity contribution in [3.63, 3.8) is 0 Å². The fourth-order valence-electron chi connectivity index (χ4n) is 1.98. The van der Waals surface area contributed by atoms with Gasteiger partial charge in [-0.1, -0.05) is 18.2 Å². The van der Waals surface area contributed by atoms with Crippen LogP contribution >= 0.6 is 15.9 Å². The molecule has 0 bridgehead atoms. The Morgan fingerprint density at radius 3 is 2.48 bits per heavy atom. The number of amides is 1. The Bertz CT molecular complexity index is 669. The largest absolute Gasteiger partial charge is 0.321 e. The van der Waals surface area contributed by atoms with Gasteiger partial charge in [0.2, 0.25) is 5.91 Å². The summed E-state index contributed by atoms with van der Waals surface area (Å²) < 4.78 is 13.6. The van der Waals surface area contributed by atoms with E-state index >= 15 is 0 Å². The average molecular weight is 348 g/mol. The Hall–Kier alpha value is -1.94. The molecule has 2 aromatic rings. The van der Waals surface area contributed by atoms with E-state index in [9.17, 15) is 9.18 Å². The molecule has 0 atom stereocenters. The van der Waals surface area contributed by atoms with Crippen molar-refractivity contribution in [2.45, 2.75) is 13.8 Å². The minimum atomic E-state index is -0.296. The Kier molecular flexibility index (Phi) is 4.91. The molecule has 4 heteroatoms. The lowest BCUT2D eigenvalue weighted by atomic mass is 10.1. The molecule has 0 heterocycles. The fraction of sp³-hybridized carbons (Fsp3) is 0.118. The number of rotatable bonds is 3. The second-order valence-electron chi connectivity index (χ2n) is 4.81. The van der Waals surface area contributed by atoms with Crippen LogP contribution in [0.25, 0.3) is 6.08 Å². The van der Waals surface area contributed by atoms with Gasteiger partial charge in [-0.15, -0.1) is 0 Å². The molecule has 0 saturated heterocycles. The van der Waals surface area contributed by atoms with Crippen molar-refractivity contribution < 1.29 is 9.18 Å². The predicted molar refractivity (Wildman–Crippen MR) is 87.7 cm³/mol. The van der Waals surface area contributed by atoms with Crippen molar-refractivity contribution in [2.24, 2.45) is 0 Å². The molecule has 2 aromatic carbocycles. The summed E-state index contributed by atoms with van der Waals surface area (Å²) in [6.07, 6.45) is 3.07. The average Bonchev–Trinajstić information content (AvgIpc) is 2.42. The molecule has 1 amide bonds. The quantitative estimate of drug-likeness (QED) is 0.789. The lowest BCUT2D eigenvalue weighted by Crippen LogP contribution is -2.09. The predicted octanol–water partition coefficient (Wildman–Crippen LogP) is 4.86. The minimum absolute atomic E-state index is 0.230. The third-order valence-corrected chi connectivity index (χ3v) is 3.60. The highest BCUT2D eigenvalue weighted by Crippen LogP contribution is 2.27. The van der Waals surface area contributed by atoms with Crippen LogP contribution in [0, 0.1) is 19.7 Å². The van der Waals surface area contributed by atoms with Crippen molar-refractivity contribution in [2.75, 3.05) is 5.32 Å². The number of hydrogen-bond donors (Lipinski definition) is 1. The number of halogens is 2. The monoisotopic (exact) mass is 347 g/mol. The zero-order valence-electron chi connectivity index (χ0n) is 11.8. The van der Waals surface area contributed by atoms with E-state index < -0.39 is 0 Å². The van der Waals surface area contributed by atoms with Gasteiger partial charge < -0.3 is 5.32 Å². The number of anilines is 1. The van der Waals surface area contributed by atoms with E-state index in [4.69, 9.17) is 0 Å². The van der Waals surface area contributed by atoms with Crippen LogP contribution in [-0.2, 0) is 4.79 Å². The first-order valence-corrected chi connectivity index (χ1v) is 7.26. The van der Waals surface area contributed by atoms with E-state index in [1.165, 1.54) is 18.2 Å². The molecule has 21 heavy (non-hydrogen) atoms. The van der Waals surface area contributed by atoms with Crippen molar-refractivity contribution in [3.8, 4) is 0 Å². The number of hydrogen-bond acceptors (Lipinski definition) is 1. The normalized spacial score (nSPS) is 10.9. The molecule has 0 spiro atoms. The molecule has 2 rings (SSSR count). The minimum Gasteiger partial charge on any atom is -0.321 e. The summed E-state index contributed by atoms with van der Waals surface area (Å²) in [5, 5.41) is 2.84. The highest BCUT2D eigenvalue weighted by molar-refractivity contribution is 9.10. The maximum absolute atomic E-state index is 12.8. The van der Waals surface area contributed by atoms with Gasteiger partial charge in [0.05, 0.1) is 5.69 Å². The van der Waals surface area contributed by atoms with Crippen LogP contribution in [0.5, 0.6) is 0 Å². The van der Waals surface area contributed by atoms with Crippen LogP contribution in [-0.4, -0.2) is 5.91 Å². The summed E-state index contributed by atoms with van der Waals surface area (Å²) in [6.45, 7) is 3.94. The zero-order chi connectivity index (χ0) is 15.4. The van der Waals surface area contributed by atoms with Crippen LogP contribution in [0.4, 0.5) is 10.1 Å². The number of aryl methyl sites for hydroxylation is 2. The van der Waals surface area contributed by atoms with Gasteiger partial charge in [-0.05, 0) is 70.7 Å². The van der Waals surface area contributed by atoms with E-state index in [0.29, 0.717) is 0 Å². The summed E-state index contributed by atoms with van der Waals surface area (Å²) in [5.41, 5.74) is 3.64. The van der Waals surface area contributed by atoms with Crippen molar-refractivity contribution in [3.05, 3.63) is 69.5 Å². The Morgan fingerprint density at radius 1 is 1.19 bits per heavy atom. The summed E-state index contributed by atoms with van der Waals surface area (Å²) in [5.74, 6) is -0.525. The fourth-order valence-corrected chi connectivity index (χ4v) is 2.76. The van der Waals surface area contributed by atoms with Gasteiger partial charge >= 0.3 is 0 Å². The van der Waals surface area contributed by atoms with Gasteiger partial charge in [0, 0.05) is 10.5 Å². The Balaban J connectivity index is 2.10. The summed E-state index contributed by atoms with van der Waals surface area (Å²) in [6, 6.07) is 9.91. The molecule has 0 aliphatic heterocycles. The molecule has 108 valence electrons. The molecule has 0 aromatic heterocycles. The highest BCUT2D eigenvalue weighted by Gasteiger charge is 2.07. The summed E-state index contributed by atoms with van der Waals surface area (Å²) >= 11 is 3.45. The van der Waals surface area contributed by atoms with E-state index in [1.807, 2.05) is 26.0 Å². The topological polar surface area (TPSA) is 29.1 Å². The molecular weight excluding hydrogens is 333 g/mol. The molecule has 0 aliphatic carbocycles. The van der Waals surface area contributed by atoms with Crippen molar-refractivity contribution >= 4 is 33.6 Å². The van der Waals surface area contributed by atoms with E-state index in [2.05, 4.69) is 21.2 Å². The first-order chi connectivity index (χ1) is 9.95. The van der Waals surface area contributed by atoms with E-state index in [-0.39, 0.29) is 11.7 Å². The lowest BCUT2D eigenvalue weighted by molar-refractivity contribution is -0.111. The van der Waals surface area contributed by atoms with Gasteiger partial charge in [-0.25, -0.2) is 4.39 Å². The van der Waals surface area contributed by atoms with E-state index in [1.54, 1.807) is 18.2 Å². The van der Waals surface area contributed by atoms with Gasteiger partial charge in [0.15, 0.2) is 0 Å². The van der Waals surface area contributed by atoms with Crippen LogP contribution in [0.15, 0.2) is 46.9 Å². The summed E-state index contributed by atoms with van der Waals surface area (Å²) in [7, 11) is 0. The second kappa shape index (κ2) is 6.68. The van der Waals surface area contributed by atoms with Crippen LogP contribution in [0.2, 0.25) is 0 Å². The SMILES string of the molecule is Cc1cc(C)c(NC(=O)/C=C/c2ccc(F)cc2)c(Br)c1. The van der Waals surface area contributed by atoms with Crippen molar-refractivity contribution in [1.29, 1.82) is 0 Å². The maximum atomic E-state index is 12.8. The smallest absolute Gasteiger partial charge is 0.248 e. The van der Waals surface area contributed by atoms with Crippen LogP contribution in [0.1, 0.15) is 16.7 Å². The first-order valence-electron chi connectivity index (χ1n) is 6.47. The second-order valence-corrected chi connectivity index (χ2v) is 5.67. The van der Waals surface area contributed by atoms with Crippen LogP contribution in [0.3, 0.4) is 0 Å². The standard InChI is InChI=1S/C17H15BrFNO/c1-11-9-12(2)17(15(18)10-11)20-16(21)8-5-13-3-6-14(19)7-4-13/h3-10H,1-2H3,(H,20,21)/b8-5+. The molecule has 1 N–H and O–H groups in total. The molecule has 2 nitrogen and oxygen atoms in total. The third kappa shape index (κ3) is 4.26. The molecule has 0 fully saturated rings. The Morgan fingerprint density at radius 2 is 1.86 bits per heavy atom. The van der Waals surface area contributed by atoms with Gasteiger partial charge in [0.1, 0.15) is 5.82 Å². The van der Waals surface area contributed by atoms with Gasteiger partial charge in [0.25, 0.3) is 0 Å². The first kappa shape index (κ1) is 15.4. The highest BCUT2D eigenvalue weighted by atomic mass is 79.9. The van der Waals surface area contributed by atoms with Gasteiger partial charge in [-0.3, -0.25) is 4.79 Å². The molecule has 0 radical (unpaired) electrons. The van der Waals surface area contributed by atoms with Gasteiger partial charge in [-0.2, -0.15) is 0 Å². The number of nitrogens with one attached hydrogen (secondary N) is 1. The van der Waals surface area contributed by atoms with Crippen molar-refractivity contribution in [1.82, 2.24) is 0 Å². The Labute approximate surface area is 131 Å². The molecule has 0 aliphatic rings. The molecular formula is C17H15BrFNO. The number of carbonyl (C=O) groups excluding carboxylic acids is 1. The third-order valence-electron chi connectivity index (χ3n) is 2.98. The number of benzene rings is 2.